The Labute approximate surface area is 114 Å². The molecular formula is C13H11N3O2S. The van der Waals surface area contributed by atoms with Crippen molar-refractivity contribution in [2.75, 3.05) is 0 Å². The lowest BCUT2D eigenvalue weighted by molar-refractivity contribution is 0.379. The number of hydrogen-bond acceptors (Lipinski definition) is 6. The minimum atomic E-state index is 0.0334. The maximum atomic E-state index is 5.25. The average Bonchev–Trinajstić information content (AvgIpc) is 3.11. The van der Waals surface area contributed by atoms with Gasteiger partial charge in [0.1, 0.15) is 0 Å². The minimum absolute atomic E-state index is 0.0334. The topological polar surface area (TPSA) is 65.0 Å². The molecule has 0 aliphatic carbocycles. The largest absolute Gasteiger partial charge is 0.461 e. The van der Waals surface area contributed by atoms with Crippen molar-refractivity contribution in [3.8, 4) is 11.6 Å². The number of furan rings is 1. The SMILES string of the molecule is C[C@@H](Sc1ccccn1)c1nc(-c2ccco2)no1. The van der Waals surface area contributed by atoms with E-state index in [9.17, 15) is 0 Å². The van der Waals surface area contributed by atoms with Crippen LogP contribution in [0.2, 0.25) is 0 Å². The lowest BCUT2D eigenvalue weighted by atomic mass is 10.4. The highest BCUT2D eigenvalue weighted by atomic mass is 32.2. The molecular weight excluding hydrogens is 262 g/mol. The summed E-state index contributed by atoms with van der Waals surface area (Å²) >= 11 is 1.57. The monoisotopic (exact) mass is 273 g/mol. The van der Waals surface area contributed by atoms with E-state index in [1.54, 1.807) is 36.4 Å². The van der Waals surface area contributed by atoms with E-state index in [2.05, 4.69) is 15.1 Å². The Morgan fingerprint density at radius 2 is 2.16 bits per heavy atom. The van der Waals surface area contributed by atoms with E-state index in [0.29, 0.717) is 17.5 Å². The Kier molecular flexibility index (Phi) is 3.33. The van der Waals surface area contributed by atoms with Gasteiger partial charge in [0.25, 0.3) is 0 Å². The van der Waals surface area contributed by atoms with Crippen molar-refractivity contribution in [3.63, 3.8) is 0 Å². The van der Waals surface area contributed by atoms with E-state index in [1.807, 2.05) is 25.1 Å². The van der Waals surface area contributed by atoms with Gasteiger partial charge in [-0.2, -0.15) is 4.98 Å². The highest BCUT2D eigenvalue weighted by Crippen LogP contribution is 2.33. The summed E-state index contributed by atoms with van der Waals surface area (Å²) in [6.45, 7) is 2.00. The van der Waals surface area contributed by atoms with Crippen molar-refractivity contribution in [1.82, 2.24) is 15.1 Å². The van der Waals surface area contributed by atoms with Gasteiger partial charge in [-0.05, 0) is 31.2 Å². The van der Waals surface area contributed by atoms with E-state index in [1.165, 1.54) is 0 Å². The number of hydrogen-bond donors (Lipinski definition) is 0. The fourth-order valence-electron chi connectivity index (χ4n) is 1.55. The summed E-state index contributed by atoms with van der Waals surface area (Å²) in [6.07, 6.45) is 3.34. The van der Waals surface area contributed by atoms with Crippen LogP contribution >= 0.6 is 11.8 Å². The summed E-state index contributed by atoms with van der Waals surface area (Å²) in [5.74, 6) is 1.63. The molecule has 96 valence electrons. The normalized spacial score (nSPS) is 12.5. The van der Waals surface area contributed by atoms with Crippen molar-refractivity contribution in [2.45, 2.75) is 17.2 Å². The molecule has 3 aromatic heterocycles. The molecule has 0 aliphatic rings. The van der Waals surface area contributed by atoms with Crippen LogP contribution in [0.25, 0.3) is 11.6 Å². The quantitative estimate of drug-likeness (QED) is 0.677. The molecule has 0 spiro atoms. The Morgan fingerprint density at radius 1 is 1.21 bits per heavy atom. The molecule has 0 aliphatic heterocycles. The van der Waals surface area contributed by atoms with Gasteiger partial charge in [-0.1, -0.05) is 23.0 Å². The molecule has 3 rings (SSSR count). The van der Waals surface area contributed by atoms with Crippen molar-refractivity contribution in [1.29, 1.82) is 0 Å². The molecule has 0 saturated heterocycles. The number of pyridine rings is 1. The second-order valence-corrected chi connectivity index (χ2v) is 5.22. The van der Waals surface area contributed by atoms with Crippen LogP contribution in [0.15, 0.2) is 56.8 Å². The molecule has 0 radical (unpaired) electrons. The fourth-order valence-corrected chi connectivity index (χ4v) is 2.39. The predicted molar refractivity (Wildman–Crippen MR) is 70.5 cm³/mol. The van der Waals surface area contributed by atoms with Gasteiger partial charge in [-0.15, -0.1) is 0 Å². The van der Waals surface area contributed by atoms with Gasteiger partial charge >= 0.3 is 0 Å². The van der Waals surface area contributed by atoms with Crippen molar-refractivity contribution < 1.29 is 8.94 Å². The molecule has 0 saturated carbocycles. The van der Waals surface area contributed by atoms with Crippen LogP contribution < -0.4 is 0 Å². The van der Waals surface area contributed by atoms with Gasteiger partial charge in [-0.25, -0.2) is 4.98 Å². The van der Waals surface area contributed by atoms with Gasteiger partial charge in [0.15, 0.2) is 5.76 Å². The van der Waals surface area contributed by atoms with Crippen LogP contribution in [0.4, 0.5) is 0 Å². The van der Waals surface area contributed by atoms with E-state index >= 15 is 0 Å². The predicted octanol–water partition coefficient (Wildman–Crippen LogP) is 3.58. The number of rotatable bonds is 4. The van der Waals surface area contributed by atoms with E-state index in [-0.39, 0.29) is 5.25 Å². The average molecular weight is 273 g/mol. The lowest BCUT2D eigenvalue weighted by Crippen LogP contribution is -1.89. The van der Waals surface area contributed by atoms with Gasteiger partial charge in [0, 0.05) is 6.20 Å². The molecule has 1 atom stereocenters. The number of nitrogens with zero attached hydrogens (tertiary/aromatic N) is 3. The molecule has 0 unspecified atom stereocenters. The molecule has 6 heteroatoms. The van der Waals surface area contributed by atoms with Crippen LogP contribution in [0, 0.1) is 0 Å². The molecule has 3 heterocycles. The zero-order valence-corrected chi connectivity index (χ0v) is 11.0. The summed E-state index contributed by atoms with van der Waals surface area (Å²) in [4.78, 5) is 8.58. The molecule has 19 heavy (non-hydrogen) atoms. The summed E-state index contributed by atoms with van der Waals surface area (Å²) in [7, 11) is 0. The Morgan fingerprint density at radius 3 is 2.89 bits per heavy atom. The number of thioether (sulfide) groups is 1. The van der Waals surface area contributed by atoms with E-state index < -0.39 is 0 Å². The van der Waals surface area contributed by atoms with Crippen LogP contribution in [0.1, 0.15) is 18.1 Å². The smallest absolute Gasteiger partial charge is 0.240 e. The lowest BCUT2D eigenvalue weighted by Gasteiger charge is -2.04. The first-order valence-electron chi connectivity index (χ1n) is 5.78. The Bertz CT molecular complexity index is 637. The minimum Gasteiger partial charge on any atom is -0.461 e. The first-order chi connectivity index (χ1) is 9.33. The summed E-state index contributed by atoms with van der Waals surface area (Å²) < 4.78 is 10.5. The van der Waals surface area contributed by atoms with Gasteiger partial charge in [-0.3, -0.25) is 0 Å². The molecule has 0 aromatic carbocycles. The third-order valence-electron chi connectivity index (χ3n) is 2.47. The third kappa shape index (κ3) is 2.68. The molecule has 0 fully saturated rings. The zero-order valence-electron chi connectivity index (χ0n) is 10.2. The fraction of sp³-hybridized carbons (Fsp3) is 0.154. The maximum absolute atomic E-state index is 5.25. The molecule has 0 N–H and O–H groups in total. The van der Waals surface area contributed by atoms with Crippen LogP contribution in [-0.2, 0) is 0 Å². The van der Waals surface area contributed by atoms with Gasteiger partial charge in [0.2, 0.25) is 11.7 Å². The first kappa shape index (κ1) is 12.0. The van der Waals surface area contributed by atoms with E-state index in [4.69, 9.17) is 8.94 Å². The van der Waals surface area contributed by atoms with Crippen LogP contribution in [0.5, 0.6) is 0 Å². The van der Waals surface area contributed by atoms with E-state index in [0.717, 1.165) is 5.03 Å². The molecule has 0 bridgehead atoms. The summed E-state index contributed by atoms with van der Waals surface area (Å²) in [6, 6.07) is 9.37. The van der Waals surface area contributed by atoms with Crippen LogP contribution in [-0.4, -0.2) is 15.1 Å². The van der Waals surface area contributed by atoms with Gasteiger partial charge in [0.05, 0.1) is 16.5 Å². The second kappa shape index (κ2) is 5.27. The molecule has 5 nitrogen and oxygen atoms in total. The van der Waals surface area contributed by atoms with Crippen molar-refractivity contribution in [3.05, 3.63) is 48.7 Å². The highest BCUT2D eigenvalue weighted by Gasteiger charge is 2.17. The third-order valence-corrected chi connectivity index (χ3v) is 3.50. The summed E-state index contributed by atoms with van der Waals surface area (Å²) in [5.41, 5.74) is 0. The van der Waals surface area contributed by atoms with Crippen molar-refractivity contribution in [2.24, 2.45) is 0 Å². The first-order valence-corrected chi connectivity index (χ1v) is 6.66. The number of aromatic nitrogens is 3. The second-order valence-electron chi connectivity index (χ2n) is 3.86. The summed E-state index contributed by atoms with van der Waals surface area (Å²) in [5, 5.41) is 4.87. The Hall–Kier alpha value is -2.08. The van der Waals surface area contributed by atoms with Gasteiger partial charge < -0.3 is 8.94 Å². The molecule has 3 aromatic rings. The highest BCUT2D eigenvalue weighted by molar-refractivity contribution is 7.99. The molecule has 0 amide bonds. The van der Waals surface area contributed by atoms with Crippen LogP contribution in [0.3, 0.4) is 0 Å². The standard InChI is InChI=1S/C13H11N3O2S/c1-9(19-11-6-2-3-7-14-11)13-15-12(16-18-13)10-5-4-8-17-10/h2-9H,1H3/t9-/m1/s1. The maximum Gasteiger partial charge on any atom is 0.240 e. The Balaban J connectivity index is 1.76. The zero-order chi connectivity index (χ0) is 13.1. The van der Waals surface area contributed by atoms with Crippen molar-refractivity contribution >= 4 is 11.8 Å².